The van der Waals surface area contributed by atoms with Crippen LogP contribution in [-0.4, -0.2) is 31.4 Å². The zero-order valence-electron chi connectivity index (χ0n) is 14.3. The Kier molecular flexibility index (Phi) is 5.14. The highest BCUT2D eigenvalue weighted by Crippen LogP contribution is 2.23. The zero-order valence-corrected chi connectivity index (χ0v) is 15.1. The molecule has 0 atom stereocenters. The molecule has 2 aromatic carbocycles. The summed E-state index contributed by atoms with van der Waals surface area (Å²) >= 11 is 1.77. The lowest BCUT2D eigenvalue weighted by Gasteiger charge is -2.09. The number of anilines is 1. The number of carbonyl (C=O) groups excluding carboxylic acids is 1. The van der Waals surface area contributed by atoms with Crippen molar-refractivity contribution in [3.05, 3.63) is 59.9 Å². The smallest absolute Gasteiger partial charge is 0.255 e. The van der Waals surface area contributed by atoms with E-state index in [9.17, 15) is 4.79 Å². The molecule has 0 saturated carbocycles. The number of nitrogens with one attached hydrogen (secondary N) is 1. The number of carbonyl (C=O) groups is 1. The first-order valence-electron chi connectivity index (χ1n) is 7.96. The molecule has 1 N–H and O–H groups in total. The van der Waals surface area contributed by atoms with Crippen LogP contribution < -0.4 is 5.32 Å². The van der Waals surface area contributed by atoms with E-state index >= 15 is 0 Å². The quantitative estimate of drug-likeness (QED) is 0.708. The molecule has 1 aromatic heterocycles. The molecule has 0 fully saturated rings. The zero-order chi connectivity index (χ0) is 17.8. The van der Waals surface area contributed by atoms with Crippen LogP contribution in [0.5, 0.6) is 0 Å². The second-order valence-electron chi connectivity index (χ2n) is 5.83. The number of thioether (sulfide) groups is 1. The van der Waals surface area contributed by atoms with E-state index in [1.165, 1.54) is 0 Å². The summed E-state index contributed by atoms with van der Waals surface area (Å²) in [5.41, 5.74) is 2.11. The van der Waals surface area contributed by atoms with E-state index in [4.69, 9.17) is 0 Å². The van der Waals surface area contributed by atoms with E-state index in [1.54, 1.807) is 16.4 Å². The van der Waals surface area contributed by atoms with Gasteiger partial charge in [-0.1, -0.05) is 19.9 Å². The molecule has 0 unspecified atom stereocenters. The van der Waals surface area contributed by atoms with Crippen LogP contribution in [0.3, 0.4) is 0 Å². The number of hydrogen-bond acceptors (Lipinski definition) is 5. The van der Waals surface area contributed by atoms with Gasteiger partial charge in [0.2, 0.25) is 0 Å². The molecule has 0 aliphatic heterocycles. The number of hydrogen-bond donors (Lipinski definition) is 1. The first-order valence-corrected chi connectivity index (χ1v) is 8.84. The monoisotopic (exact) mass is 353 g/mol. The van der Waals surface area contributed by atoms with Crippen LogP contribution in [0.2, 0.25) is 0 Å². The van der Waals surface area contributed by atoms with Gasteiger partial charge in [-0.3, -0.25) is 4.79 Å². The highest BCUT2D eigenvalue weighted by molar-refractivity contribution is 7.99. The third-order valence-electron chi connectivity index (χ3n) is 3.46. The molecule has 25 heavy (non-hydrogen) atoms. The summed E-state index contributed by atoms with van der Waals surface area (Å²) in [7, 11) is 0. The third-order valence-corrected chi connectivity index (χ3v) is 4.48. The predicted octanol–water partition coefficient (Wildman–Crippen LogP) is 3.72. The molecular formula is C18H19N5OS. The molecule has 128 valence electrons. The maximum absolute atomic E-state index is 12.4. The van der Waals surface area contributed by atoms with E-state index in [0.29, 0.717) is 22.3 Å². The Hall–Kier alpha value is -2.67. The van der Waals surface area contributed by atoms with E-state index < -0.39 is 0 Å². The fourth-order valence-electron chi connectivity index (χ4n) is 2.35. The molecule has 3 aromatic rings. The summed E-state index contributed by atoms with van der Waals surface area (Å²) in [5, 5.41) is 14.9. The first kappa shape index (κ1) is 17.2. The highest BCUT2D eigenvalue weighted by Gasteiger charge is 2.09. The molecule has 0 spiro atoms. The standard InChI is InChI=1S/C18H19N5OS/c1-12(2)25-17-9-7-14(8-10-17)18(24)19-15-5-4-6-16(11-15)23-13(3)20-21-22-23/h4-12H,1-3H3,(H,19,24). The van der Waals surface area contributed by atoms with Gasteiger partial charge in [0.1, 0.15) is 0 Å². The average Bonchev–Trinajstić information content (AvgIpc) is 3.01. The summed E-state index contributed by atoms with van der Waals surface area (Å²) in [4.78, 5) is 13.6. The van der Waals surface area contributed by atoms with Crippen molar-refractivity contribution in [3.8, 4) is 5.69 Å². The second kappa shape index (κ2) is 7.48. The number of amides is 1. The minimum atomic E-state index is -0.147. The second-order valence-corrected chi connectivity index (χ2v) is 7.48. The Morgan fingerprint density at radius 3 is 2.56 bits per heavy atom. The highest BCUT2D eigenvalue weighted by atomic mass is 32.2. The number of tetrazole rings is 1. The van der Waals surface area contributed by atoms with Gasteiger partial charge < -0.3 is 5.32 Å². The van der Waals surface area contributed by atoms with E-state index in [1.807, 2.05) is 55.5 Å². The first-order chi connectivity index (χ1) is 12.0. The van der Waals surface area contributed by atoms with Gasteiger partial charge in [-0.15, -0.1) is 16.9 Å². The molecule has 6 nitrogen and oxygen atoms in total. The number of nitrogens with zero attached hydrogens (tertiary/aromatic N) is 4. The van der Waals surface area contributed by atoms with Gasteiger partial charge in [-0.2, -0.15) is 4.68 Å². The molecule has 7 heteroatoms. The summed E-state index contributed by atoms with van der Waals surface area (Å²) in [6.45, 7) is 6.11. The van der Waals surface area contributed by atoms with Crippen molar-refractivity contribution in [2.75, 3.05) is 5.32 Å². The van der Waals surface area contributed by atoms with E-state index in [2.05, 4.69) is 34.7 Å². The van der Waals surface area contributed by atoms with Crippen LogP contribution >= 0.6 is 11.8 Å². The Labute approximate surface area is 150 Å². The number of rotatable bonds is 5. The number of benzene rings is 2. The number of aromatic nitrogens is 4. The fraction of sp³-hybridized carbons (Fsp3) is 0.222. The van der Waals surface area contributed by atoms with Crippen molar-refractivity contribution in [2.24, 2.45) is 0 Å². The van der Waals surface area contributed by atoms with E-state index in [0.717, 1.165) is 10.6 Å². The maximum Gasteiger partial charge on any atom is 0.255 e. The summed E-state index contributed by atoms with van der Waals surface area (Å²) in [6.07, 6.45) is 0. The molecule has 3 rings (SSSR count). The van der Waals surface area contributed by atoms with Gasteiger partial charge in [0.05, 0.1) is 5.69 Å². The van der Waals surface area contributed by atoms with Gasteiger partial charge in [0, 0.05) is 21.4 Å². The van der Waals surface area contributed by atoms with Crippen molar-refractivity contribution in [2.45, 2.75) is 30.9 Å². The molecule has 0 radical (unpaired) electrons. The van der Waals surface area contributed by atoms with Crippen LogP contribution in [0, 0.1) is 6.92 Å². The minimum absolute atomic E-state index is 0.147. The molecule has 0 saturated heterocycles. The summed E-state index contributed by atoms with van der Waals surface area (Å²) in [6, 6.07) is 15.0. The van der Waals surface area contributed by atoms with Gasteiger partial charge in [0.15, 0.2) is 5.82 Å². The Morgan fingerprint density at radius 1 is 1.16 bits per heavy atom. The van der Waals surface area contributed by atoms with Crippen molar-refractivity contribution in [1.82, 2.24) is 20.2 Å². The molecule has 1 amide bonds. The minimum Gasteiger partial charge on any atom is -0.322 e. The lowest BCUT2D eigenvalue weighted by atomic mass is 10.2. The molecule has 0 bridgehead atoms. The van der Waals surface area contributed by atoms with E-state index in [-0.39, 0.29) is 5.91 Å². The fourth-order valence-corrected chi connectivity index (χ4v) is 3.18. The maximum atomic E-state index is 12.4. The van der Waals surface area contributed by atoms with Crippen LogP contribution in [-0.2, 0) is 0 Å². The molecular weight excluding hydrogens is 334 g/mol. The third kappa shape index (κ3) is 4.24. The van der Waals surface area contributed by atoms with Crippen molar-refractivity contribution in [3.63, 3.8) is 0 Å². The predicted molar refractivity (Wildman–Crippen MR) is 99.3 cm³/mol. The SMILES string of the molecule is Cc1nnnn1-c1cccc(NC(=O)c2ccc(SC(C)C)cc2)c1. The summed E-state index contributed by atoms with van der Waals surface area (Å²) < 4.78 is 1.62. The van der Waals surface area contributed by atoms with Crippen molar-refractivity contribution in [1.29, 1.82) is 0 Å². The topological polar surface area (TPSA) is 72.7 Å². The van der Waals surface area contributed by atoms with Crippen LogP contribution in [0.25, 0.3) is 5.69 Å². The Bertz CT molecular complexity index is 873. The Morgan fingerprint density at radius 2 is 1.92 bits per heavy atom. The molecule has 1 heterocycles. The lowest BCUT2D eigenvalue weighted by Crippen LogP contribution is -2.12. The van der Waals surface area contributed by atoms with Gasteiger partial charge >= 0.3 is 0 Å². The normalized spacial score (nSPS) is 10.9. The summed E-state index contributed by atoms with van der Waals surface area (Å²) in [5.74, 6) is 0.536. The largest absolute Gasteiger partial charge is 0.322 e. The van der Waals surface area contributed by atoms with Crippen LogP contribution in [0.4, 0.5) is 5.69 Å². The van der Waals surface area contributed by atoms with Crippen LogP contribution in [0.1, 0.15) is 30.0 Å². The molecule has 0 aliphatic rings. The number of aryl methyl sites for hydroxylation is 1. The van der Waals surface area contributed by atoms with Crippen molar-refractivity contribution < 1.29 is 4.79 Å². The lowest BCUT2D eigenvalue weighted by molar-refractivity contribution is 0.102. The van der Waals surface area contributed by atoms with Crippen molar-refractivity contribution >= 4 is 23.4 Å². The average molecular weight is 353 g/mol. The van der Waals surface area contributed by atoms with Gasteiger partial charge in [-0.25, -0.2) is 0 Å². The molecule has 0 aliphatic carbocycles. The van der Waals surface area contributed by atoms with Crippen LogP contribution in [0.15, 0.2) is 53.4 Å². The van der Waals surface area contributed by atoms with Gasteiger partial charge in [0.25, 0.3) is 5.91 Å². The Balaban J connectivity index is 1.74. The van der Waals surface area contributed by atoms with Gasteiger partial charge in [-0.05, 0) is 59.8 Å².